The fraction of sp³-hybridized carbons (Fsp3) is 0. The maximum absolute atomic E-state index is 9.52. The minimum Gasteiger partial charge on any atom is -0.344 e. The molecule has 0 bridgehead atoms. The van der Waals surface area contributed by atoms with Gasteiger partial charge in [0, 0.05) is 51.2 Å². The maximum atomic E-state index is 9.52. The summed E-state index contributed by atoms with van der Waals surface area (Å²) in [6, 6.07) is 0. The van der Waals surface area contributed by atoms with Gasteiger partial charge >= 0.3 is 16.5 Å². The van der Waals surface area contributed by atoms with Gasteiger partial charge in [-0.1, -0.05) is 10.1 Å². The molecule has 2 aliphatic rings. The van der Waals surface area contributed by atoms with Gasteiger partial charge in [0.25, 0.3) is 0 Å². The predicted molar refractivity (Wildman–Crippen MR) is 44.6 cm³/mol. The molecule has 2 heterocycles. The Bertz CT molecular complexity index is 143. The summed E-state index contributed by atoms with van der Waals surface area (Å²) >= 11 is 0. The Morgan fingerprint density at radius 2 is 0.647 bits per heavy atom. The van der Waals surface area contributed by atoms with E-state index in [0.717, 1.165) is 0 Å². The second-order valence-electron chi connectivity index (χ2n) is 0.969. The van der Waals surface area contributed by atoms with E-state index in [1.165, 1.54) is 0 Å². The first-order chi connectivity index (χ1) is 4.79. The van der Waals surface area contributed by atoms with Crippen LogP contribution in [0.25, 0.3) is 0 Å². The van der Waals surface area contributed by atoms with Crippen LogP contribution in [-0.4, -0.2) is 0 Å². The van der Waals surface area contributed by atoms with Crippen LogP contribution < -0.4 is 24.6 Å². The molecule has 0 aliphatic carbocycles. The number of hydrogen-bond acceptors (Lipinski definition) is 12. The molecule has 2 aliphatic heterocycles. The smallest absolute Gasteiger partial charge is 0.344 e. The first kappa shape index (κ1) is 42.8. The van der Waals surface area contributed by atoms with E-state index in [4.69, 9.17) is 0 Å². The third-order valence-corrected chi connectivity index (χ3v) is 1.22. The first-order valence-electron chi connectivity index (χ1n) is 1.89. The molecule has 2 fully saturated rings. The van der Waals surface area contributed by atoms with Crippen molar-refractivity contribution in [2.24, 2.45) is 0 Å². The van der Waals surface area contributed by atoms with Gasteiger partial charge in [0.1, 0.15) is 0 Å². The van der Waals surface area contributed by atoms with Crippen molar-refractivity contribution in [1.29, 1.82) is 0 Å². The zero-order chi connectivity index (χ0) is 7.40. The molecule has 0 atom stereocenters. The molecular formula is H14Fe3N4O8P2. The summed E-state index contributed by atoms with van der Waals surface area (Å²) in [5.74, 6) is 0. The van der Waals surface area contributed by atoms with Crippen molar-refractivity contribution in [3.63, 3.8) is 0 Å². The van der Waals surface area contributed by atoms with Gasteiger partial charge in [-0.3, -0.25) is 9.13 Å². The molecule has 2 rings (SSSR count). The molecule has 17 heavy (non-hydrogen) atoms. The topological polar surface area (TPSA) is 230 Å². The maximum Gasteiger partial charge on any atom is 0.380 e. The van der Waals surface area contributed by atoms with Crippen LogP contribution in [0.15, 0.2) is 0 Å². The monoisotopic (exact) mass is 428 g/mol. The zero-order valence-corrected chi connectivity index (χ0v) is 13.5. The molecule has 0 aromatic carbocycles. The molecule has 116 valence electrons. The molecule has 0 saturated carbocycles. The third-order valence-electron chi connectivity index (χ3n) is 0.408. The molecule has 17 heteroatoms. The van der Waals surface area contributed by atoms with E-state index < -0.39 is 16.5 Å². The zero-order valence-electron chi connectivity index (χ0n) is 8.16. The Morgan fingerprint density at radius 1 is 0.529 bits per heavy atom. The van der Waals surface area contributed by atoms with Gasteiger partial charge in [-0.2, -0.15) is 0 Å². The van der Waals surface area contributed by atoms with E-state index in [1.807, 2.05) is 0 Å². The van der Waals surface area contributed by atoms with E-state index in [2.05, 4.69) is 28.8 Å². The minimum atomic E-state index is -2.17. The van der Waals surface area contributed by atoms with Crippen LogP contribution in [0.3, 0.4) is 0 Å². The van der Waals surface area contributed by atoms with E-state index in [0.29, 0.717) is 0 Å². The Kier molecular flexibility index (Phi) is 66.1. The van der Waals surface area contributed by atoms with Gasteiger partial charge in [-0.25, -0.2) is 0 Å². The van der Waals surface area contributed by atoms with E-state index in [9.17, 15) is 9.13 Å². The van der Waals surface area contributed by atoms with Gasteiger partial charge in [0.15, 0.2) is 0 Å². The molecule has 0 unspecified atom stereocenters. The van der Waals surface area contributed by atoms with Gasteiger partial charge in [0.2, 0.25) is 0 Å². The van der Waals surface area contributed by atoms with Crippen molar-refractivity contribution in [2.45, 2.75) is 0 Å². The number of hydrogen-bond donors (Lipinski definition) is 4. The predicted octanol–water partition coefficient (Wildman–Crippen LogP) is 1.18. The van der Waals surface area contributed by atoms with Crippen LogP contribution in [0.4, 0.5) is 0 Å². The van der Waals surface area contributed by atoms with Crippen molar-refractivity contribution in [1.82, 2.24) is 24.6 Å². The third kappa shape index (κ3) is 23.2. The van der Waals surface area contributed by atoms with Gasteiger partial charge in [-0.05, 0) is 0 Å². The summed E-state index contributed by atoms with van der Waals surface area (Å²) in [6.07, 6.45) is 0. The largest absolute Gasteiger partial charge is 0.380 e. The first-order valence-corrected chi connectivity index (χ1v) is 4.34. The number of rotatable bonds is 0. The molecular weight excluding hydrogens is 414 g/mol. The van der Waals surface area contributed by atoms with Gasteiger partial charge < -0.3 is 24.6 Å². The molecule has 0 aromatic heterocycles. The molecule has 2 saturated heterocycles. The van der Waals surface area contributed by atoms with Crippen molar-refractivity contribution < 1.29 is 89.1 Å². The van der Waals surface area contributed by atoms with Crippen LogP contribution in [0.5, 0.6) is 0 Å². The van der Waals surface area contributed by atoms with Gasteiger partial charge in [-0.15, -0.1) is 18.7 Å². The summed E-state index contributed by atoms with van der Waals surface area (Å²) < 4.78 is 34.0. The van der Waals surface area contributed by atoms with E-state index in [1.54, 1.807) is 0 Å². The van der Waals surface area contributed by atoms with Crippen LogP contribution in [0.2, 0.25) is 0 Å². The van der Waals surface area contributed by atoms with Crippen LogP contribution >= 0.6 is 16.5 Å². The fourth-order valence-corrected chi connectivity index (χ4v) is 0.371. The van der Waals surface area contributed by atoms with Crippen molar-refractivity contribution in [3.8, 4) is 0 Å². The Balaban J connectivity index is -0.0000000167. The second-order valence-corrected chi connectivity index (χ2v) is 2.64. The fourth-order valence-electron chi connectivity index (χ4n) is 0.124. The van der Waals surface area contributed by atoms with Crippen LogP contribution in [0.1, 0.15) is 0 Å². The van der Waals surface area contributed by atoms with Crippen LogP contribution in [-0.2, 0) is 89.1 Å². The normalized spacial score (nSPS) is 15.1. The molecule has 0 aromatic rings. The Morgan fingerprint density at radius 3 is 0.647 bits per heavy atom. The average molecular weight is 428 g/mol. The molecule has 12 nitrogen and oxygen atoms in total. The summed E-state index contributed by atoms with van der Waals surface area (Å²) in [5, 5.41) is 7.13. The van der Waals surface area contributed by atoms with Crippen molar-refractivity contribution in [3.05, 3.63) is 0 Å². The Labute approximate surface area is 130 Å². The van der Waals surface area contributed by atoms with Gasteiger partial charge in [0.05, 0.1) is 0 Å². The Hall–Kier alpha value is 1.62. The molecule has 0 amide bonds. The van der Waals surface area contributed by atoms with Crippen LogP contribution in [0, 0.1) is 0 Å². The minimum absolute atomic E-state index is 0. The van der Waals surface area contributed by atoms with Crippen molar-refractivity contribution in [2.75, 3.05) is 0 Å². The van der Waals surface area contributed by atoms with E-state index >= 15 is 0 Å². The molecule has 0 spiro atoms. The molecule has 0 radical (unpaired) electrons. The quantitative estimate of drug-likeness (QED) is 0.242. The average Bonchev–Trinajstić information content (AvgIpc) is 1.80. The standard InChI is InChI=1S/3Fe.4H3N.2HO4P/c;;;;;;;2*1-5-3-2-4-5/h;;;4*1H3;2*5H. The van der Waals surface area contributed by atoms with E-state index in [-0.39, 0.29) is 75.8 Å². The summed E-state index contributed by atoms with van der Waals surface area (Å²) in [4.78, 5) is 0. The molecule has 12 N–H and O–H groups in total. The summed E-state index contributed by atoms with van der Waals surface area (Å²) in [5.41, 5.74) is 0. The summed E-state index contributed by atoms with van der Waals surface area (Å²) in [6.45, 7) is 0. The SMILES string of the molecule is N.N.N.N.O=[PH]1OOO1.O=[PH]1OOO1.[Fe].[Fe].[Fe]. The summed E-state index contributed by atoms with van der Waals surface area (Å²) in [7, 11) is -4.33. The van der Waals surface area contributed by atoms with Crippen molar-refractivity contribution >= 4 is 16.5 Å². The second kappa shape index (κ2) is 26.2.